The Bertz CT molecular complexity index is 382. The van der Waals surface area contributed by atoms with E-state index in [9.17, 15) is 5.11 Å². The highest BCUT2D eigenvalue weighted by molar-refractivity contribution is 7.36. The predicted molar refractivity (Wildman–Crippen MR) is 113 cm³/mol. The smallest absolute Gasteiger partial charge is 0.0580 e. The summed E-state index contributed by atoms with van der Waals surface area (Å²) in [6.07, 6.45) is 19.1. The lowest BCUT2D eigenvalue weighted by Gasteiger charge is -2.31. The fraction of sp³-hybridized carbons (Fsp3) is 0.864. The van der Waals surface area contributed by atoms with Gasteiger partial charge in [-0.3, -0.25) is 0 Å². The van der Waals surface area contributed by atoms with Crippen molar-refractivity contribution in [2.45, 2.75) is 84.3 Å². The number of allylic oxidation sites excluding steroid dienone is 2. The van der Waals surface area contributed by atoms with Crippen LogP contribution in [0.4, 0.5) is 0 Å². The summed E-state index contributed by atoms with van der Waals surface area (Å²) in [5.41, 5.74) is 0. The molecule has 0 heterocycles. The summed E-state index contributed by atoms with van der Waals surface area (Å²) in [4.78, 5) is 0. The normalized spacial score (nSPS) is 29.5. The Morgan fingerprint density at radius 2 is 2.08 bits per heavy atom. The number of methoxy groups -OCH3 is 1. The van der Waals surface area contributed by atoms with Gasteiger partial charge in [0.2, 0.25) is 0 Å². The Balaban J connectivity index is 2.58. The quantitative estimate of drug-likeness (QED) is 0.247. The van der Waals surface area contributed by atoms with E-state index in [1.54, 1.807) is 0 Å². The first kappa shape index (κ1) is 22.9. The molecule has 2 nitrogen and oxygen atoms in total. The molecule has 1 saturated carbocycles. The van der Waals surface area contributed by atoms with E-state index in [1.165, 1.54) is 33.9 Å². The van der Waals surface area contributed by atoms with Gasteiger partial charge in [-0.2, -0.15) is 0 Å². The third-order valence-electron chi connectivity index (χ3n) is 6.04. The van der Waals surface area contributed by atoms with Crippen LogP contribution in [-0.2, 0) is 4.74 Å². The van der Waals surface area contributed by atoms with E-state index in [0.717, 1.165) is 31.8 Å². The van der Waals surface area contributed by atoms with Gasteiger partial charge in [-0.05, 0) is 68.4 Å². The molecule has 1 N–H and O–H groups in total. The van der Waals surface area contributed by atoms with Gasteiger partial charge >= 0.3 is 0 Å². The Kier molecular flexibility index (Phi) is 12.0. The first-order chi connectivity index (χ1) is 12.0. The Morgan fingerprint density at radius 3 is 2.72 bits per heavy atom. The highest BCUT2D eigenvalue weighted by Gasteiger charge is 2.42. The third kappa shape index (κ3) is 7.94. The van der Waals surface area contributed by atoms with Crippen LogP contribution in [-0.4, -0.2) is 36.9 Å². The fourth-order valence-electron chi connectivity index (χ4n) is 4.71. The SMILES string of the molecule is C=PCCC(CC(C)C1C(C)CC(O)C1CC=CCCCCC)OC. The highest BCUT2D eigenvalue weighted by Crippen LogP contribution is 2.45. The second-order valence-electron chi connectivity index (χ2n) is 8.03. The fourth-order valence-corrected chi connectivity index (χ4v) is 5.18. The van der Waals surface area contributed by atoms with Crippen molar-refractivity contribution in [1.82, 2.24) is 0 Å². The molecule has 6 unspecified atom stereocenters. The second kappa shape index (κ2) is 13.1. The molecular formula is C22H41O2P. The van der Waals surface area contributed by atoms with Crippen LogP contribution in [0.25, 0.3) is 0 Å². The van der Waals surface area contributed by atoms with Gasteiger partial charge < -0.3 is 9.84 Å². The molecule has 0 radical (unpaired) electrons. The Morgan fingerprint density at radius 1 is 1.32 bits per heavy atom. The minimum atomic E-state index is -0.137. The van der Waals surface area contributed by atoms with E-state index in [1.807, 2.05) is 7.11 Å². The van der Waals surface area contributed by atoms with Crippen LogP contribution in [0.1, 0.15) is 72.1 Å². The van der Waals surface area contributed by atoms with Crippen molar-refractivity contribution < 1.29 is 9.84 Å². The topological polar surface area (TPSA) is 29.5 Å². The molecule has 1 aliphatic rings. The van der Waals surface area contributed by atoms with Crippen LogP contribution in [0.3, 0.4) is 0 Å². The summed E-state index contributed by atoms with van der Waals surface area (Å²) in [5, 5.41) is 10.6. The molecule has 1 aliphatic carbocycles. The second-order valence-corrected chi connectivity index (χ2v) is 8.93. The number of unbranched alkanes of at least 4 members (excludes halogenated alkanes) is 3. The van der Waals surface area contributed by atoms with Crippen LogP contribution in [0.5, 0.6) is 0 Å². The standard InChI is InChI=1S/C22H41O2P/c1-6-7-8-9-10-11-12-20-21(23)16-18(3)22(20)17(2)15-19(24-4)13-14-25-5/h10-11,17-23H,5-9,12-16H2,1-4H3. The average molecular weight is 369 g/mol. The largest absolute Gasteiger partial charge is 0.393 e. The van der Waals surface area contributed by atoms with E-state index in [-0.39, 0.29) is 6.10 Å². The number of rotatable bonds is 13. The van der Waals surface area contributed by atoms with Crippen molar-refractivity contribution in [3.63, 3.8) is 0 Å². The van der Waals surface area contributed by atoms with Gasteiger partial charge in [-0.1, -0.05) is 52.1 Å². The molecule has 0 aliphatic heterocycles. The summed E-state index contributed by atoms with van der Waals surface area (Å²) < 4.78 is 5.71. The molecule has 146 valence electrons. The molecule has 0 amide bonds. The van der Waals surface area contributed by atoms with Crippen LogP contribution < -0.4 is 0 Å². The van der Waals surface area contributed by atoms with Crippen LogP contribution >= 0.6 is 8.20 Å². The summed E-state index contributed by atoms with van der Waals surface area (Å²) in [6, 6.07) is 0. The molecule has 0 spiro atoms. The monoisotopic (exact) mass is 368 g/mol. The number of aliphatic hydroxyl groups excluding tert-OH is 1. The third-order valence-corrected chi connectivity index (χ3v) is 6.62. The van der Waals surface area contributed by atoms with Crippen LogP contribution in [0.2, 0.25) is 0 Å². The number of aliphatic hydroxyl groups is 1. The molecule has 0 aromatic heterocycles. The van der Waals surface area contributed by atoms with Gasteiger partial charge in [0.25, 0.3) is 0 Å². The molecule has 3 heteroatoms. The zero-order valence-corrected chi connectivity index (χ0v) is 17.9. The van der Waals surface area contributed by atoms with Gasteiger partial charge in [0, 0.05) is 7.11 Å². The zero-order valence-electron chi connectivity index (χ0n) is 17.0. The van der Waals surface area contributed by atoms with Gasteiger partial charge in [-0.15, -0.1) is 8.20 Å². The average Bonchev–Trinajstić information content (AvgIpc) is 2.88. The van der Waals surface area contributed by atoms with E-state index < -0.39 is 0 Å². The van der Waals surface area contributed by atoms with Crippen molar-refractivity contribution in [2.75, 3.05) is 13.3 Å². The van der Waals surface area contributed by atoms with Crippen LogP contribution in [0.15, 0.2) is 12.2 Å². The van der Waals surface area contributed by atoms with Gasteiger partial charge in [0.15, 0.2) is 0 Å². The molecule has 1 fully saturated rings. The van der Waals surface area contributed by atoms with Gasteiger partial charge in [0.1, 0.15) is 0 Å². The molecule has 0 aromatic rings. The lowest BCUT2D eigenvalue weighted by molar-refractivity contribution is 0.0519. The molecular weight excluding hydrogens is 327 g/mol. The summed E-state index contributed by atoms with van der Waals surface area (Å²) in [7, 11) is 3.04. The van der Waals surface area contributed by atoms with Gasteiger partial charge in [0.05, 0.1) is 12.2 Å². The van der Waals surface area contributed by atoms with Crippen LogP contribution in [0, 0.1) is 23.7 Å². The minimum Gasteiger partial charge on any atom is -0.393 e. The van der Waals surface area contributed by atoms with Crippen molar-refractivity contribution in [3.8, 4) is 0 Å². The maximum Gasteiger partial charge on any atom is 0.0580 e. The summed E-state index contributed by atoms with van der Waals surface area (Å²) >= 11 is 0. The van der Waals surface area contributed by atoms with Gasteiger partial charge in [-0.25, -0.2) is 0 Å². The Labute approximate surface area is 158 Å². The molecule has 0 saturated heterocycles. The molecule has 0 aromatic carbocycles. The van der Waals surface area contributed by atoms with Crippen molar-refractivity contribution in [3.05, 3.63) is 12.2 Å². The summed E-state index contributed by atoms with van der Waals surface area (Å²) in [5.74, 6) is 2.21. The minimum absolute atomic E-state index is 0.137. The molecule has 25 heavy (non-hydrogen) atoms. The van der Waals surface area contributed by atoms with E-state index >= 15 is 0 Å². The molecule has 1 rings (SSSR count). The lowest BCUT2D eigenvalue weighted by Crippen LogP contribution is -2.28. The van der Waals surface area contributed by atoms with Crippen molar-refractivity contribution in [1.29, 1.82) is 0 Å². The molecule has 6 atom stereocenters. The number of ether oxygens (including phenoxy) is 1. The first-order valence-corrected chi connectivity index (χ1v) is 11.6. The van der Waals surface area contributed by atoms with Crippen molar-refractivity contribution in [2.24, 2.45) is 23.7 Å². The first-order valence-electron chi connectivity index (χ1n) is 10.3. The Hall–Kier alpha value is -0.170. The predicted octanol–water partition coefficient (Wildman–Crippen LogP) is 5.96. The lowest BCUT2D eigenvalue weighted by atomic mass is 9.76. The van der Waals surface area contributed by atoms with E-state index in [0.29, 0.717) is 29.8 Å². The maximum atomic E-state index is 10.6. The number of hydrogen-bond donors (Lipinski definition) is 1. The maximum absolute atomic E-state index is 10.6. The summed E-state index contributed by atoms with van der Waals surface area (Å²) in [6.45, 7) is 6.94. The zero-order chi connectivity index (χ0) is 18.7. The molecule has 0 bridgehead atoms. The van der Waals surface area contributed by atoms with E-state index in [4.69, 9.17) is 4.74 Å². The highest BCUT2D eigenvalue weighted by atomic mass is 31.1. The van der Waals surface area contributed by atoms with E-state index in [2.05, 4.69) is 39.2 Å². The number of hydrogen-bond acceptors (Lipinski definition) is 2. The van der Waals surface area contributed by atoms with Crippen molar-refractivity contribution >= 4 is 14.5 Å².